The van der Waals surface area contributed by atoms with E-state index in [9.17, 15) is 0 Å². The second-order valence-corrected chi connectivity index (χ2v) is 3.05. The Labute approximate surface area is 116 Å². The summed E-state index contributed by atoms with van der Waals surface area (Å²) in [5, 5.41) is 2.79. The van der Waals surface area contributed by atoms with Crippen molar-refractivity contribution in [3.8, 4) is 0 Å². The van der Waals surface area contributed by atoms with E-state index < -0.39 is 0 Å². The predicted octanol–water partition coefficient (Wildman–Crippen LogP) is 4.02. The third kappa shape index (κ3) is 2.89. The van der Waals surface area contributed by atoms with Crippen LogP contribution >= 0.6 is 24.8 Å². The van der Waals surface area contributed by atoms with Crippen LogP contribution in [0.1, 0.15) is 11.1 Å². The molecule has 0 aliphatic carbocycles. The smallest absolute Gasteiger partial charge is 0 e. The van der Waals surface area contributed by atoms with Crippen LogP contribution in [0.4, 0.5) is 0 Å². The molecule has 2 rings (SSSR count). The van der Waals surface area contributed by atoms with E-state index in [0.717, 1.165) is 0 Å². The van der Waals surface area contributed by atoms with Crippen LogP contribution in [0.5, 0.6) is 0 Å². The topological polar surface area (TPSA) is 0 Å². The molecule has 0 aliphatic heterocycles. The quantitative estimate of drug-likeness (QED) is 0.645. The van der Waals surface area contributed by atoms with Gasteiger partial charge in [-0.05, 0) is 6.92 Å². The molecule has 0 N–H and O–H groups in total. The number of hydrogen-bond donors (Lipinski definition) is 0. The molecule has 0 heterocycles. The van der Waals surface area contributed by atoms with Crippen molar-refractivity contribution in [2.75, 3.05) is 0 Å². The van der Waals surface area contributed by atoms with Crippen LogP contribution in [0, 0.1) is 13.8 Å². The van der Waals surface area contributed by atoms with Gasteiger partial charge in [-0.3, -0.25) is 0 Å². The second-order valence-electron chi connectivity index (χ2n) is 3.05. The summed E-state index contributed by atoms with van der Waals surface area (Å²) >= 11 is 0. The molecule has 0 saturated heterocycles. The molecule has 0 amide bonds. The average molecular weight is 307 g/mol. The molecule has 3 heteroatoms. The van der Waals surface area contributed by atoms with Crippen LogP contribution in [0.15, 0.2) is 30.3 Å². The van der Waals surface area contributed by atoms with Gasteiger partial charge in [0.1, 0.15) is 0 Å². The Morgan fingerprint density at radius 1 is 1.07 bits per heavy atom. The first kappa shape index (κ1) is 16.7. The summed E-state index contributed by atoms with van der Waals surface area (Å²) in [6.07, 6.45) is 0. The maximum absolute atomic E-state index is 2.19. The zero-order valence-corrected chi connectivity index (χ0v) is 12.3. The van der Waals surface area contributed by atoms with Crippen molar-refractivity contribution in [3.05, 3.63) is 41.5 Å². The summed E-state index contributed by atoms with van der Waals surface area (Å²) in [4.78, 5) is 0. The Kier molecular flexibility index (Phi) is 8.02. The summed E-state index contributed by atoms with van der Waals surface area (Å²) in [6.45, 7) is 4.31. The monoisotopic (exact) mass is 305 g/mol. The van der Waals surface area contributed by atoms with Gasteiger partial charge in [-0.1, -0.05) is 18.6 Å². The molecular weight excluding hydrogens is 294 g/mol. The van der Waals surface area contributed by atoms with Gasteiger partial charge in [0.05, 0.1) is 0 Å². The molecule has 0 spiro atoms. The normalized spacial score (nSPS) is 8.43. The summed E-state index contributed by atoms with van der Waals surface area (Å²) in [6, 6.07) is 10.8. The number of aryl methyl sites for hydroxylation is 2. The molecule has 0 unspecified atom stereocenters. The van der Waals surface area contributed by atoms with E-state index in [4.69, 9.17) is 0 Å². The average Bonchev–Trinajstić information content (AvgIpc) is 2.35. The zero-order valence-electron chi connectivity index (χ0n) is 8.20. The number of benzene rings is 1. The van der Waals surface area contributed by atoms with Crippen LogP contribution in [-0.2, 0) is 26.2 Å². The minimum absolute atomic E-state index is 0. The van der Waals surface area contributed by atoms with E-state index in [0.29, 0.717) is 0 Å². The molecule has 14 heavy (non-hydrogen) atoms. The van der Waals surface area contributed by atoms with Gasteiger partial charge in [0.15, 0.2) is 0 Å². The van der Waals surface area contributed by atoms with Crippen molar-refractivity contribution in [2.24, 2.45) is 0 Å². The summed E-state index contributed by atoms with van der Waals surface area (Å²) in [5.74, 6) is 0. The number of fused-ring (bicyclic) bond motifs is 1. The Hall–Kier alpha value is 0.293. The van der Waals surface area contributed by atoms with Crippen molar-refractivity contribution in [1.29, 1.82) is 0 Å². The number of hydrogen-bond acceptors (Lipinski definition) is 0. The maximum atomic E-state index is 2.19. The Bertz CT molecular complexity index is 393. The molecule has 2 aromatic rings. The van der Waals surface area contributed by atoms with Gasteiger partial charge >= 0.3 is 0 Å². The van der Waals surface area contributed by atoms with E-state index in [1.54, 1.807) is 0 Å². The van der Waals surface area contributed by atoms with Crippen molar-refractivity contribution in [1.82, 2.24) is 0 Å². The SMILES string of the molecule is Cc1cccc2c1cc[c-]2C.Cl.Cl.[Zr]. The molecule has 0 nitrogen and oxygen atoms in total. The van der Waals surface area contributed by atoms with Crippen LogP contribution in [0.25, 0.3) is 10.8 Å². The number of halogens is 2. The Morgan fingerprint density at radius 2 is 1.71 bits per heavy atom. The van der Waals surface area contributed by atoms with Crippen molar-refractivity contribution < 1.29 is 26.2 Å². The minimum atomic E-state index is 0. The van der Waals surface area contributed by atoms with Gasteiger partial charge in [-0.15, -0.1) is 53.3 Å². The van der Waals surface area contributed by atoms with Gasteiger partial charge in [0.25, 0.3) is 0 Å². The van der Waals surface area contributed by atoms with Crippen LogP contribution < -0.4 is 0 Å². The second kappa shape index (κ2) is 6.72. The van der Waals surface area contributed by atoms with E-state index in [-0.39, 0.29) is 51.0 Å². The fourth-order valence-electron chi connectivity index (χ4n) is 1.54. The van der Waals surface area contributed by atoms with Gasteiger partial charge < -0.3 is 0 Å². The molecule has 0 atom stereocenters. The zero-order chi connectivity index (χ0) is 7.84. The van der Waals surface area contributed by atoms with Crippen LogP contribution in [-0.4, -0.2) is 0 Å². The standard InChI is InChI=1S/C11H11.2ClH.Zr/c1-8-4-3-5-10-9(2)6-7-11(8)10;;;/h3-7H,1-2H3;2*1H;/q-1;;;. The minimum Gasteiger partial charge on any atom is -0.168 e. The Morgan fingerprint density at radius 3 is 2.29 bits per heavy atom. The van der Waals surface area contributed by atoms with Crippen LogP contribution in [0.3, 0.4) is 0 Å². The molecule has 0 radical (unpaired) electrons. The molecule has 0 fully saturated rings. The van der Waals surface area contributed by atoms with Gasteiger partial charge in [0.2, 0.25) is 0 Å². The molecule has 2 aromatic carbocycles. The first-order valence-electron chi connectivity index (χ1n) is 3.90. The largest absolute Gasteiger partial charge is 0.168 e. The van der Waals surface area contributed by atoms with E-state index >= 15 is 0 Å². The first-order valence-corrected chi connectivity index (χ1v) is 3.90. The summed E-state index contributed by atoms with van der Waals surface area (Å²) in [7, 11) is 0. The molecule has 0 bridgehead atoms. The van der Waals surface area contributed by atoms with Crippen molar-refractivity contribution in [2.45, 2.75) is 13.8 Å². The van der Waals surface area contributed by atoms with Gasteiger partial charge in [-0.2, -0.15) is 12.1 Å². The third-order valence-corrected chi connectivity index (χ3v) is 2.25. The van der Waals surface area contributed by atoms with Crippen molar-refractivity contribution >= 4 is 35.6 Å². The fraction of sp³-hybridized carbons (Fsp3) is 0.182. The Balaban J connectivity index is 0. The van der Waals surface area contributed by atoms with Gasteiger partial charge in [-0.25, -0.2) is 0 Å². The predicted molar refractivity (Wildman–Crippen MR) is 63.5 cm³/mol. The molecule has 76 valence electrons. The molecule has 0 aromatic heterocycles. The van der Waals surface area contributed by atoms with E-state index in [2.05, 4.69) is 44.2 Å². The van der Waals surface area contributed by atoms with E-state index in [1.165, 1.54) is 21.9 Å². The summed E-state index contributed by atoms with van der Waals surface area (Å²) in [5.41, 5.74) is 2.75. The molecule has 0 aliphatic rings. The first-order chi connectivity index (χ1) is 5.29. The summed E-state index contributed by atoms with van der Waals surface area (Å²) < 4.78 is 0. The molecule has 0 saturated carbocycles. The fourth-order valence-corrected chi connectivity index (χ4v) is 1.54. The van der Waals surface area contributed by atoms with Crippen LogP contribution in [0.2, 0.25) is 0 Å². The van der Waals surface area contributed by atoms with Crippen molar-refractivity contribution in [3.63, 3.8) is 0 Å². The third-order valence-electron chi connectivity index (χ3n) is 2.25. The van der Waals surface area contributed by atoms with Gasteiger partial charge in [0, 0.05) is 26.2 Å². The maximum Gasteiger partial charge on any atom is 0 e. The van der Waals surface area contributed by atoms with E-state index in [1.807, 2.05) is 0 Å². The molecular formula is C11H13Cl2Zr-. The number of rotatable bonds is 0.